The standard InChI is InChI=1S/C8H16N/c1-4-6-8-9(3)7-5-2/h6-8H,4-5H2,1-3H3/q+1/b8-6-,9-7?. The van der Waals surface area contributed by atoms with Crippen LogP contribution in [0.25, 0.3) is 0 Å². The molecule has 0 fully saturated rings. The van der Waals surface area contributed by atoms with Gasteiger partial charge in [-0.3, -0.25) is 0 Å². The second kappa shape index (κ2) is 5.54. The van der Waals surface area contributed by atoms with Crippen LogP contribution in [0.4, 0.5) is 0 Å². The molecule has 0 bridgehead atoms. The molecule has 52 valence electrons. The highest BCUT2D eigenvalue weighted by Crippen LogP contribution is 1.79. The minimum Gasteiger partial charge on any atom is -0.212 e. The first-order valence-corrected chi connectivity index (χ1v) is 3.53. The SMILES string of the molecule is CCC=[N+](C)/C=C\CC. The van der Waals surface area contributed by atoms with Gasteiger partial charge >= 0.3 is 0 Å². The van der Waals surface area contributed by atoms with Gasteiger partial charge < -0.3 is 0 Å². The van der Waals surface area contributed by atoms with Crippen molar-refractivity contribution in [3.63, 3.8) is 0 Å². The number of hydrogen-bond acceptors (Lipinski definition) is 0. The third-order valence-corrected chi connectivity index (χ3v) is 1.05. The van der Waals surface area contributed by atoms with Crippen LogP contribution in [0.3, 0.4) is 0 Å². The minimum absolute atomic E-state index is 1.10. The van der Waals surface area contributed by atoms with Crippen molar-refractivity contribution in [3.8, 4) is 0 Å². The summed E-state index contributed by atoms with van der Waals surface area (Å²) >= 11 is 0. The van der Waals surface area contributed by atoms with Gasteiger partial charge in [0.2, 0.25) is 0 Å². The molecule has 0 aliphatic carbocycles. The largest absolute Gasteiger partial charge is 0.212 e. The van der Waals surface area contributed by atoms with E-state index in [0.29, 0.717) is 0 Å². The quantitative estimate of drug-likeness (QED) is 0.402. The van der Waals surface area contributed by atoms with Crippen LogP contribution in [0, 0.1) is 0 Å². The third-order valence-electron chi connectivity index (χ3n) is 1.05. The zero-order valence-electron chi connectivity index (χ0n) is 6.59. The van der Waals surface area contributed by atoms with Gasteiger partial charge in [-0.1, -0.05) is 13.8 Å². The predicted octanol–water partition coefficient (Wildman–Crippen LogP) is 2.03. The molecule has 0 unspecified atom stereocenters. The minimum atomic E-state index is 1.10. The van der Waals surface area contributed by atoms with E-state index in [9.17, 15) is 0 Å². The monoisotopic (exact) mass is 126 g/mol. The molecule has 1 heteroatoms. The van der Waals surface area contributed by atoms with Crippen molar-refractivity contribution in [2.24, 2.45) is 0 Å². The molecule has 0 saturated carbocycles. The molecule has 0 aliphatic rings. The molecule has 0 amide bonds. The van der Waals surface area contributed by atoms with Crippen molar-refractivity contribution in [1.29, 1.82) is 0 Å². The molecule has 0 aromatic rings. The summed E-state index contributed by atoms with van der Waals surface area (Å²) in [4.78, 5) is 0. The summed E-state index contributed by atoms with van der Waals surface area (Å²) in [5, 5.41) is 0. The Morgan fingerprint density at radius 2 is 1.89 bits per heavy atom. The van der Waals surface area contributed by atoms with Crippen LogP contribution in [0.2, 0.25) is 0 Å². The number of hydrogen-bond donors (Lipinski definition) is 0. The Bertz CT molecular complexity index is 112. The fraction of sp³-hybridized carbons (Fsp3) is 0.625. The van der Waals surface area contributed by atoms with Gasteiger partial charge in [0.1, 0.15) is 13.3 Å². The fourth-order valence-corrected chi connectivity index (χ4v) is 0.621. The van der Waals surface area contributed by atoms with Crippen LogP contribution in [0.15, 0.2) is 12.3 Å². The Hall–Kier alpha value is -0.590. The maximum Gasteiger partial charge on any atom is 0.164 e. The van der Waals surface area contributed by atoms with Crippen LogP contribution >= 0.6 is 0 Å². The van der Waals surface area contributed by atoms with Gasteiger partial charge in [-0.15, -0.1) is 0 Å². The number of allylic oxidation sites excluding steroid dienone is 1. The summed E-state index contributed by atoms with van der Waals surface area (Å²) in [5.74, 6) is 0. The normalized spacial score (nSPS) is 13.0. The average Bonchev–Trinajstić information content (AvgIpc) is 1.85. The average molecular weight is 126 g/mol. The smallest absolute Gasteiger partial charge is 0.164 e. The summed E-state index contributed by atoms with van der Waals surface area (Å²) in [6, 6.07) is 0. The van der Waals surface area contributed by atoms with Crippen molar-refractivity contribution < 1.29 is 4.58 Å². The molecule has 0 rings (SSSR count). The van der Waals surface area contributed by atoms with E-state index in [1.807, 2.05) is 0 Å². The van der Waals surface area contributed by atoms with Gasteiger partial charge in [-0.25, -0.2) is 4.58 Å². The van der Waals surface area contributed by atoms with E-state index in [2.05, 4.69) is 44.0 Å². The second-order valence-electron chi connectivity index (χ2n) is 2.05. The molecule has 0 N–H and O–H groups in total. The van der Waals surface area contributed by atoms with Gasteiger partial charge in [-0.05, 0) is 12.5 Å². The maximum atomic E-state index is 2.14. The molecule has 0 aromatic carbocycles. The molecule has 0 atom stereocenters. The van der Waals surface area contributed by atoms with E-state index in [-0.39, 0.29) is 0 Å². The van der Waals surface area contributed by atoms with Crippen LogP contribution < -0.4 is 0 Å². The highest BCUT2D eigenvalue weighted by atomic mass is 14.9. The summed E-state index contributed by atoms with van der Waals surface area (Å²) in [6.07, 6.45) is 8.59. The lowest BCUT2D eigenvalue weighted by Crippen LogP contribution is -1.95. The van der Waals surface area contributed by atoms with Crippen LogP contribution in [0.1, 0.15) is 26.7 Å². The van der Waals surface area contributed by atoms with E-state index in [0.717, 1.165) is 12.8 Å². The van der Waals surface area contributed by atoms with Crippen molar-refractivity contribution in [2.75, 3.05) is 7.05 Å². The second-order valence-corrected chi connectivity index (χ2v) is 2.05. The highest BCUT2D eigenvalue weighted by molar-refractivity contribution is 5.50. The molecule has 0 aliphatic heterocycles. The summed E-state index contributed by atoms with van der Waals surface area (Å²) in [6.45, 7) is 4.27. The Labute approximate surface area is 57.7 Å². The molecule has 9 heavy (non-hydrogen) atoms. The first-order valence-electron chi connectivity index (χ1n) is 3.53. The number of rotatable bonds is 3. The lowest BCUT2D eigenvalue weighted by Gasteiger charge is -1.82. The summed E-state index contributed by atoms with van der Waals surface area (Å²) in [7, 11) is 2.05. The van der Waals surface area contributed by atoms with Crippen molar-refractivity contribution in [2.45, 2.75) is 26.7 Å². The number of nitrogens with zero attached hydrogens (tertiary/aromatic N) is 1. The van der Waals surface area contributed by atoms with Crippen molar-refractivity contribution in [1.82, 2.24) is 0 Å². The highest BCUT2D eigenvalue weighted by Gasteiger charge is 1.82. The Morgan fingerprint density at radius 1 is 1.22 bits per heavy atom. The van der Waals surface area contributed by atoms with E-state index >= 15 is 0 Å². The Morgan fingerprint density at radius 3 is 2.33 bits per heavy atom. The van der Waals surface area contributed by atoms with E-state index in [1.54, 1.807) is 0 Å². The predicted molar refractivity (Wildman–Crippen MR) is 42.0 cm³/mol. The topological polar surface area (TPSA) is 3.01 Å². The molecule has 0 aromatic heterocycles. The van der Waals surface area contributed by atoms with Gasteiger partial charge in [0.15, 0.2) is 6.20 Å². The van der Waals surface area contributed by atoms with Crippen LogP contribution in [-0.4, -0.2) is 17.8 Å². The molecule has 0 radical (unpaired) electrons. The fourth-order valence-electron chi connectivity index (χ4n) is 0.621. The molecule has 0 spiro atoms. The van der Waals surface area contributed by atoms with Crippen LogP contribution in [0.5, 0.6) is 0 Å². The summed E-state index contributed by atoms with van der Waals surface area (Å²) < 4.78 is 2.09. The van der Waals surface area contributed by atoms with E-state index < -0.39 is 0 Å². The molecule has 0 heterocycles. The lowest BCUT2D eigenvalue weighted by atomic mass is 10.4. The molecular weight excluding hydrogens is 110 g/mol. The molecular formula is C8H16N+. The van der Waals surface area contributed by atoms with Gasteiger partial charge in [-0.2, -0.15) is 0 Å². The van der Waals surface area contributed by atoms with Crippen LogP contribution in [-0.2, 0) is 0 Å². The zero-order valence-corrected chi connectivity index (χ0v) is 6.59. The first kappa shape index (κ1) is 8.41. The van der Waals surface area contributed by atoms with E-state index in [4.69, 9.17) is 0 Å². The Kier molecular flexibility index (Phi) is 5.18. The maximum absolute atomic E-state index is 2.14. The molecule has 0 saturated heterocycles. The first-order chi connectivity index (χ1) is 4.31. The molecule has 1 nitrogen and oxygen atoms in total. The summed E-state index contributed by atoms with van der Waals surface area (Å²) in [5.41, 5.74) is 0. The van der Waals surface area contributed by atoms with Crippen molar-refractivity contribution in [3.05, 3.63) is 12.3 Å². The third kappa shape index (κ3) is 5.28. The zero-order chi connectivity index (χ0) is 7.11. The van der Waals surface area contributed by atoms with Crippen molar-refractivity contribution >= 4 is 6.21 Å². The van der Waals surface area contributed by atoms with Gasteiger partial charge in [0.05, 0.1) is 0 Å². The van der Waals surface area contributed by atoms with Gasteiger partial charge in [0, 0.05) is 6.42 Å². The van der Waals surface area contributed by atoms with Gasteiger partial charge in [0.25, 0.3) is 0 Å². The Balaban J connectivity index is 3.60. The van der Waals surface area contributed by atoms with E-state index in [1.165, 1.54) is 0 Å². The lowest BCUT2D eigenvalue weighted by molar-refractivity contribution is -0.418.